The molecule has 0 aliphatic rings. The molecule has 1 aromatic carbocycles. The molecule has 0 amide bonds. The number of carbonyl (C=O) groups is 1. The maximum Gasteiger partial charge on any atom is 0.307 e. The minimum absolute atomic E-state index is 0.0272. The molecule has 0 aromatic heterocycles. The molecule has 0 atom stereocenters. The molecular formula is C14H17O+. The highest BCUT2D eigenvalue weighted by Gasteiger charge is 2.03. The average molecular weight is 201 g/mol. The zero-order chi connectivity index (χ0) is 11.1. The molecule has 1 nitrogen and oxygen atoms in total. The number of allylic oxidation sites excluding steroid dienone is 2. The first-order valence-electron chi connectivity index (χ1n) is 5.26. The van der Waals surface area contributed by atoms with Gasteiger partial charge in [-0.1, -0.05) is 36.4 Å². The number of ketones is 1. The van der Waals surface area contributed by atoms with Crippen LogP contribution in [0.1, 0.15) is 24.5 Å². The largest absolute Gasteiger partial charge is 0.307 e. The van der Waals surface area contributed by atoms with E-state index in [1.807, 2.05) is 19.1 Å². The molecule has 15 heavy (non-hydrogen) atoms. The van der Waals surface area contributed by atoms with E-state index in [2.05, 4.69) is 31.2 Å². The fraction of sp³-hybridized carbons (Fsp3) is 0.286. The predicted molar refractivity (Wildman–Crippen MR) is 63.6 cm³/mol. The van der Waals surface area contributed by atoms with E-state index in [4.69, 9.17) is 0 Å². The molecular weight excluding hydrogens is 184 g/mol. The molecule has 0 unspecified atom stereocenters. The van der Waals surface area contributed by atoms with Gasteiger partial charge in [-0.2, -0.15) is 0 Å². The summed E-state index contributed by atoms with van der Waals surface area (Å²) in [5.74, 6) is -0.0272. The van der Waals surface area contributed by atoms with Crippen molar-refractivity contribution in [2.45, 2.75) is 26.2 Å². The molecule has 0 fully saturated rings. The van der Waals surface area contributed by atoms with Gasteiger partial charge in [-0.15, -0.1) is 0 Å². The maximum atomic E-state index is 10.9. The van der Waals surface area contributed by atoms with Crippen LogP contribution >= 0.6 is 0 Å². The van der Waals surface area contributed by atoms with E-state index in [0.717, 1.165) is 18.4 Å². The smallest absolute Gasteiger partial charge is 0.244 e. The van der Waals surface area contributed by atoms with Crippen LogP contribution in [0.2, 0.25) is 0 Å². The van der Waals surface area contributed by atoms with Gasteiger partial charge in [-0.3, -0.25) is 0 Å². The van der Waals surface area contributed by atoms with Crippen LogP contribution in [0.5, 0.6) is 0 Å². The molecule has 0 saturated carbocycles. The first kappa shape index (κ1) is 11.6. The van der Waals surface area contributed by atoms with Gasteiger partial charge < -0.3 is 0 Å². The molecule has 0 bridgehead atoms. The Hall–Kier alpha value is -1.50. The van der Waals surface area contributed by atoms with Gasteiger partial charge in [0.15, 0.2) is 0 Å². The van der Waals surface area contributed by atoms with Gasteiger partial charge in [0.05, 0.1) is 6.42 Å². The third kappa shape index (κ3) is 4.50. The third-order valence-electron chi connectivity index (χ3n) is 2.23. The molecule has 1 heteroatoms. The number of hydrogen-bond donors (Lipinski definition) is 0. The molecule has 0 spiro atoms. The summed E-state index contributed by atoms with van der Waals surface area (Å²) < 4.78 is 0. The van der Waals surface area contributed by atoms with Gasteiger partial charge in [-0.25, -0.2) is 4.79 Å². The van der Waals surface area contributed by atoms with Crippen LogP contribution in [0, 0.1) is 6.92 Å². The van der Waals surface area contributed by atoms with E-state index in [0.29, 0.717) is 6.42 Å². The third-order valence-corrected chi connectivity index (χ3v) is 2.23. The summed E-state index contributed by atoms with van der Waals surface area (Å²) in [6.45, 7) is 5.41. The van der Waals surface area contributed by atoms with Crippen molar-refractivity contribution in [2.75, 3.05) is 0 Å². The Morgan fingerprint density at radius 2 is 2.13 bits per heavy atom. The second-order valence-corrected chi connectivity index (χ2v) is 3.64. The maximum absolute atomic E-state index is 10.9. The molecule has 0 aliphatic heterocycles. The molecule has 0 aliphatic carbocycles. The lowest BCUT2D eigenvalue weighted by Crippen LogP contribution is -1.97. The van der Waals surface area contributed by atoms with Gasteiger partial charge in [0.2, 0.25) is 0 Å². The molecule has 0 saturated heterocycles. The van der Waals surface area contributed by atoms with Gasteiger partial charge in [-0.05, 0) is 30.9 Å². The number of carbonyl (C=O) groups excluding carboxylic acids is 1. The highest BCUT2D eigenvalue weighted by molar-refractivity contribution is 5.84. The number of Topliss-reactive ketones (excluding diaryl/α,β-unsaturated/α-hetero) is 1. The Bertz CT molecular complexity index is 350. The monoisotopic (exact) mass is 201 g/mol. The highest BCUT2D eigenvalue weighted by atomic mass is 16.1. The van der Waals surface area contributed by atoms with Crippen molar-refractivity contribution in [2.24, 2.45) is 0 Å². The second kappa shape index (κ2) is 6.07. The minimum atomic E-state index is -0.0272. The van der Waals surface area contributed by atoms with Gasteiger partial charge in [0.1, 0.15) is 6.92 Å². The molecule has 1 rings (SSSR count). The Morgan fingerprint density at radius 1 is 1.40 bits per heavy atom. The van der Waals surface area contributed by atoms with Crippen molar-refractivity contribution in [3.8, 4) is 0 Å². The zero-order valence-corrected chi connectivity index (χ0v) is 9.20. The van der Waals surface area contributed by atoms with Gasteiger partial charge in [0, 0.05) is 0 Å². The van der Waals surface area contributed by atoms with Crippen molar-refractivity contribution in [1.82, 2.24) is 0 Å². The van der Waals surface area contributed by atoms with Gasteiger partial charge >= 0.3 is 5.78 Å². The van der Waals surface area contributed by atoms with E-state index < -0.39 is 0 Å². The fourth-order valence-electron chi connectivity index (χ4n) is 1.54. The van der Waals surface area contributed by atoms with Crippen molar-refractivity contribution < 1.29 is 4.79 Å². The van der Waals surface area contributed by atoms with E-state index in [1.54, 1.807) is 0 Å². The summed E-state index contributed by atoms with van der Waals surface area (Å²) in [6.07, 6.45) is 6.74. The summed E-state index contributed by atoms with van der Waals surface area (Å²) in [6, 6.07) is 8.17. The number of rotatable bonds is 5. The second-order valence-electron chi connectivity index (χ2n) is 3.64. The SMILES string of the molecule is [CH2+]C(=O)Cc1cccc(CC/C=C\C)c1. The Labute approximate surface area is 91.8 Å². The van der Waals surface area contributed by atoms with Crippen LogP contribution in [-0.2, 0) is 17.6 Å². The molecule has 0 radical (unpaired) electrons. The summed E-state index contributed by atoms with van der Waals surface area (Å²) in [7, 11) is 0. The number of hydrogen-bond acceptors (Lipinski definition) is 1. The van der Waals surface area contributed by atoms with Gasteiger partial charge in [0.25, 0.3) is 0 Å². The van der Waals surface area contributed by atoms with Crippen LogP contribution in [0.3, 0.4) is 0 Å². The number of aryl methyl sites for hydroxylation is 1. The lowest BCUT2D eigenvalue weighted by molar-refractivity contribution is -0.114. The van der Waals surface area contributed by atoms with Crippen molar-refractivity contribution in [3.05, 3.63) is 54.5 Å². The topological polar surface area (TPSA) is 17.1 Å². The standard InChI is InChI=1S/C14H17O/c1-3-4-5-7-13-8-6-9-14(11-13)10-12(2)15/h3-4,6,8-9,11H,2,5,7,10H2,1H3/q+1/b4-3-. The summed E-state index contributed by atoms with van der Waals surface area (Å²) in [4.78, 5) is 10.9. The first-order chi connectivity index (χ1) is 7.22. The summed E-state index contributed by atoms with van der Waals surface area (Å²) in [5.41, 5.74) is 2.35. The van der Waals surface area contributed by atoms with Crippen molar-refractivity contribution >= 4 is 5.78 Å². The number of benzene rings is 1. The van der Waals surface area contributed by atoms with Crippen LogP contribution in [0.25, 0.3) is 0 Å². The van der Waals surface area contributed by atoms with Crippen molar-refractivity contribution in [3.63, 3.8) is 0 Å². The zero-order valence-electron chi connectivity index (χ0n) is 9.20. The van der Waals surface area contributed by atoms with E-state index in [1.165, 1.54) is 5.56 Å². The van der Waals surface area contributed by atoms with Crippen LogP contribution in [-0.4, -0.2) is 5.78 Å². The van der Waals surface area contributed by atoms with Crippen LogP contribution in [0.4, 0.5) is 0 Å². The molecule has 0 N–H and O–H groups in total. The van der Waals surface area contributed by atoms with E-state index in [9.17, 15) is 4.79 Å². The lowest BCUT2D eigenvalue weighted by atomic mass is 10.0. The quantitative estimate of drug-likeness (QED) is 0.528. The Kier molecular flexibility index (Phi) is 4.69. The Balaban J connectivity index is 2.61. The average Bonchev–Trinajstić information content (AvgIpc) is 2.18. The van der Waals surface area contributed by atoms with Crippen LogP contribution < -0.4 is 0 Å². The normalized spacial score (nSPS) is 10.7. The van der Waals surface area contributed by atoms with Crippen molar-refractivity contribution in [1.29, 1.82) is 0 Å². The summed E-state index contributed by atoms with van der Waals surface area (Å²) in [5, 5.41) is 0. The first-order valence-corrected chi connectivity index (χ1v) is 5.26. The van der Waals surface area contributed by atoms with Crippen LogP contribution in [0.15, 0.2) is 36.4 Å². The highest BCUT2D eigenvalue weighted by Crippen LogP contribution is 2.09. The fourth-order valence-corrected chi connectivity index (χ4v) is 1.54. The molecule has 0 heterocycles. The molecule has 1 aromatic rings. The Morgan fingerprint density at radius 3 is 2.80 bits per heavy atom. The lowest BCUT2D eigenvalue weighted by Gasteiger charge is -2.01. The summed E-state index contributed by atoms with van der Waals surface area (Å²) >= 11 is 0. The minimum Gasteiger partial charge on any atom is -0.244 e. The van der Waals surface area contributed by atoms with E-state index in [-0.39, 0.29) is 5.78 Å². The molecule has 78 valence electrons. The predicted octanol–water partition coefficient (Wildman–Crippen LogP) is 3.14. The van der Waals surface area contributed by atoms with E-state index >= 15 is 0 Å².